The summed E-state index contributed by atoms with van der Waals surface area (Å²) in [6.45, 7) is 3.15. The van der Waals surface area contributed by atoms with Crippen LogP contribution in [-0.2, 0) is 23.2 Å². The molecule has 1 saturated heterocycles. The maximum Gasteiger partial charge on any atom is 0.287 e. The average Bonchev–Trinajstić information content (AvgIpc) is 3.53. The number of methoxy groups -OCH3 is 1. The molecule has 3 aromatic rings. The lowest BCUT2D eigenvalue weighted by atomic mass is 10.2. The van der Waals surface area contributed by atoms with Crippen LogP contribution in [0.5, 0.6) is 11.5 Å². The monoisotopic (exact) mass is 484 g/mol. The van der Waals surface area contributed by atoms with E-state index in [1.54, 1.807) is 26.2 Å². The molecule has 1 amide bonds. The van der Waals surface area contributed by atoms with E-state index in [-0.39, 0.29) is 23.0 Å². The molecule has 0 atom stereocenters. The van der Waals surface area contributed by atoms with E-state index < -0.39 is 15.9 Å². The summed E-state index contributed by atoms with van der Waals surface area (Å²) in [7, 11) is -2.10. The Hall–Kier alpha value is -3.30. The van der Waals surface area contributed by atoms with Gasteiger partial charge >= 0.3 is 0 Å². The number of amides is 1. The number of carbonyl (C=O) groups is 1. The van der Waals surface area contributed by atoms with E-state index >= 15 is 0 Å². The van der Waals surface area contributed by atoms with Gasteiger partial charge in [0, 0.05) is 25.7 Å². The van der Waals surface area contributed by atoms with Crippen molar-refractivity contribution in [1.82, 2.24) is 9.62 Å². The quantitative estimate of drug-likeness (QED) is 0.495. The fraction of sp³-hybridized carbons (Fsp3) is 0.320. The molecule has 2 aromatic carbocycles. The second kappa shape index (κ2) is 10.3. The normalized spacial score (nSPS) is 14.2. The van der Waals surface area contributed by atoms with Crippen LogP contribution in [0, 0.1) is 6.92 Å². The summed E-state index contributed by atoms with van der Waals surface area (Å²) in [4.78, 5) is 12.7. The highest BCUT2D eigenvalue weighted by atomic mass is 32.2. The Bertz CT molecular complexity index is 1250. The standard InChI is InChI=1S/C25H28N2O6S/c1-18-24(34(29,30)27-12-6-7-13-27)15-23(33-18)25(28)26-16-20-10-11-21(22(14-20)31-2)32-17-19-8-4-3-5-9-19/h3-5,8-11,14-15H,6-7,12-13,16-17H2,1-2H3,(H,26,28). The van der Waals surface area contributed by atoms with Crippen molar-refractivity contribution in [3.63, 3.8) is 0 Å². The van der Waals surface area contributed by atoms with Crippen molar-refractivity contribution in [2.24, 2.45) is 0 Å². The highest BCUT2D eigenvalue weighted by molar-refractivity contribution is 7.89. The Morgan fingerprint density at radius 3 is 2.47 bits per heavy atom. The number of hydrogen-bond donors (Lipinski definition) is 1. The molecule has 34 heavy (non-hydrogen) atoms. The predicted molar refractivity (Wildman–Crippen MR) is 126 cm³/mol. The van der Waals surface area contributed by atoms with Crippen LogP contribution in [0.1, 0.15) is 40.3 Å². The van der Waals surface area contributed by atoms with E-state index in [9.17, 15) is 13.2 Å². The van der Waals surface area contributed by atoms with E-state index in [0.717, 1.165) is 24.0 Å². The minimum Gasteiger partial charge on any atom is -0.493 e. The van der Waals surface area contributed by atoms with Gasteiger partial charge in [-0.1, -0.05) is 36.4 Å². The zero-order valence-corrected chi connectivity index (χ0v) is 20.1. The van der Waals surface area contributed by atoms with E-state index in [0.29, 0.717) is 31.2 Å². The average molecular weight is 485 g/mol. The molecular formula is C25H28N2O6S. The van der Waals surface area contributed by atoms with E-state index in [1.165, 1.54) is 10.4 Å². The highest BCUT2D eigenvalue weighted by Crippen LogP contribution is 2.29. The lowest BCUT2D eigenvalue weighted by Crippen LogP contribution is -2.28. The van der Waals surface area contributed by atoms with Crippen LogP contribution in [0.4, 0.5) is 0 Å². The Morgan fingerprint density at radius 2 is 1.76 bits per heavy atom. The number of rotatable bonds is 9. The Kier molecular flexibility index (Phi) is 7.23. The SMILES string of the molecule is COc1cc(CNC(=O)c2cc(S(=O)(=O)N3CCCC3)c(C)o2)ccc1OCc1ccccc1. The molecule has 1 fully saturated rings. The van der Waals surface area contributed by atoms with Gasteiger partial charge in [0.25, 0.3) is 5.91 Å². The minimum atomic E-state index is -3.66. The summed E-state index contributed by atoms with van der Waals surface area (Å²) >= 11 is 0. The van der Waals surface area contributed by atoms with E-state index in [2.05, 4.69) is 5.32 Å². The Balaban J connectivity index is 1.40. The second-order valence-electron chi connectivity index (χ2n) is 8.08. The smallest absolute Gasteiger partial charge is 0.287 e. The van der Waals surface area contributed by atoms with Crippen LogP contribution >= 0.6 is 0 Å². The molecule has 9 heteroatoms. The van der Waals surface area contributed by atoms with Gasteiger partial charge in [-0.25, -0.2) is 8.42 Å². The van der Waals surface area contributed by atoms with Gasteiger partial charge in [-0.3, -0.25) is 4.79 Å². The van der Waals surface area contributed by atoms with Gasteiger partial charge < -0.3 is 19.2 Å². The van der Waals surface area contributed by atoms with Crippen LogP contribution < -0.4 is 14.8 Å². The number of furan rings is 1. The molecule has 1 aliphatic rings. The fourth-order valence-electron chi connectivity index (χ4n) is 3.85. The zero-order valence-electron chi connectivity index (χ0n) is 19.2. The third-order valence-corrected chi connectivity index (χ3v) is 7.70. The van der Waals surface area contributed by atoms with Crippen LogP contribution in [0.15, 0.2) is 63.9 Å². The molecule has 180 valence electrons. The lowest BCUT2D eigenvalue weighted by molar-refractivity contribution is 0.0921. The summed E-state index contributed by atoms with van der Waals surface area (Å²) in [6.07, 6.45) is 1.67. The zero-order chi connectivity index (χ0) is 24.1. The maximum atomic E-state index is 12.8. The number of aryl methyl sites for hydroxylation is 1. The van der Waals surface area contributed by atoms with Gasteiger partial charge in [0.15, 0.2) is 17.3 Å². The van der Waals surface area contributed by atoms with Gasteiger partial charge in [0.2, 0.25) is 10.0 Å². The van der Waals surface area contributed by atoms with Gasteiger partial charge in [0.1, 0.15) is 17.3 Å². The molecule has 2 heterocycles. The molecule has 1 aromatic heterocycles. The lowest BCUT2D eigenvalue weighted by Gasteiger charge is -2.14. The first kappa shape index (κ1) is 23.8. The third-order valence-electron chi connectivity index (χ3n) is 5.70. The second-order valence-corrected chi connectivity index (χ2v) is 9.99. The highest BCUT2D eigenvalue weighted by Gasteiger charge is 2.31. The van der Waals surface area contributed by atoms with Crippen LogP contribution in [0.25, 0.3) is 0 Å². The largest absolute Gasteiger partial charge is 0.493 e. The van der Waals surface area contributed by atoms with Crippen LogP contribution in [0.3, 0.4) is 0 Å². The molecule has 8 nitrogen and oxygen atoms in total. The van der Waals surface area contributed by atoms with Gasteiger partial charge in [0.05, 0.1) is 7.11 Å². The van der Waals surface area contributed by atoms with E-state index in [1.807, 2.05) is 36.4 Å². The maximum absolute atomic E-state index is 12.8. The minimum absolute atomic E-state index is 0.0370. The number of sulfonamides is 1. The first-order valence-corrected chi connectivity index (χ1v) is 12.5. The molecule has 0 spiro atoms. The number of benzene rings is 2. The van der Waals surface area contributed by atoms with Crippen LogP contribution in [0.2, 0.25) is 0 Å². The molecule has 1 aliphatic heterocycles. The van der Waals surface area contributed by atoms with Crippen molar-refractivity contribution in [2.45, 2.75) is 37.8 Å². The summed E-state index contributed by atoms with van der Waals surface area (Å²) < 4.78 is 43.9. The van der Waals surface area contributed by atoms with Crippen molar-refractivity contribution in [3.05, 3.63) is 77.2 Å². The molecular weight excluding hydrogens is 456 g/mol. The van der Waals surface area contributed by atoms with Crippen molar-refractivity contribution in [1.29, 1.82) is 0 Å². The van der Waals surface area contributed by atoms with E-state index in [4.69, 9.17) is 13.9 Å². The molecule has 0 saturated carbocycles. The molecule has 0 radical (unpaired) electrons. The molecule has 0 bridgehead atoms. The summed E-state index contributed by atoms with van der Waals surface area (Å²) in [5.74, 6) is 0.827. The first-order chi connectivity index (χ1) is 16.4. The topological polar surface area (TPSA) is 98.1 Å². The summed E-state index contributed by atoms with van der Waals surface area (Å²) in [6, 6.07) is 16.5. The molecule has 0 unspecified atom stereocenters. The Labute approximate surface area is 199 Å². The fourth-order valence-corrected chi connectivity index (χ4v) is 5.52. The first-order valence-electron chi connectivity index (χ1n) is 11.1. The molecule has 4 rings (SSSR count). The van der Waals surface area contributed by atoms with Crippen molar-refractivity contribution in [2.75, 3.05) is 20.2 Å². The third kappa shape index (κ3) is 5.26. The summed E-state index contributed by atoms with van der Waals surface area (Å²) in [5.41, 5.74) is 1.84. The van der Waals surface area contributed by atoms with Crippen molar-refractivity contribution >= 4 is 15.9 Å². The van der Waals surface area contributed by atoms with Gasteiger partial charge in [-0.05, 0) is 43.0 Å². The Morgan fingerprint density at radius 1 is 1.03 bits per heavy atom. The van der Waals surface area contributed by atoms with Gasteiger partial charge in [-0.15, -0.1) is 0 Å². The number of hydrogen-bond acceptors (Lipinski definition) is 6. The molecule has 0 aliphatic carbocycles. The number of nitrogens with one attached hydrogen (secondary N) is 1. The van der Waals surface area contributed by atoms with Crippen molar-refractivity contribution < 1.29 is 27.1 Å². The summed E-state index contributed by atoms with van der Waals surface area (Å²) in [5, 5.41) is 2.77. The predicted octanol–water partition coefficient (Wildman–Crippen LogP) is 3.89. The number of ether oxygens (including phenoxy) is 2. The van der Waals surface area contributed by atoms with Gasteiger partial charge in [-0.2, -0.15) is 4.31 Å². The number of nitrogens with zero attached hydrogens (tertiary/aromatic N) is 1. The molecule has 1 N–H and O–H groups in total. The number of carbonyl (C=O) groups excluding carboxylic acids is 1. The van der Waals surface area contributed by atoms with Crippen molar-refractivity contribution in [3.8, 4) is 11.5 Å². The van der Waals surface area contributed by atoms with Crippen LogP contribution in [-0.4, -0.2) is 38.8 Å².